The van der Waals surface area contributed by atoms with E-state index in [0.717, 1.165) is 42.3 Å². The third kappa shape index (κ3) is 4.58. The van der Waals surface area contributed by atoms with Crippen LogP contribution >= 0.6 is 0 Å². The summed E-state index contributed by atoms with van der Waals surface area (Å²) in [6, 6.07) is 6.00. The van der Waals surface area contributed by atoms with E-state index in [1.165, 1.54) is 11.1 Å². The maximum atomic E-state index is 12.0. The van der Waals surface area contributed by atoms with E-state index in [-0.39, 0.29) is 5.97 Å². The second kappa shape index (κ2) is 9.29. The van der Waals surface area contributed by atoms with Gasteiger partial charge in [-0.25, -0.2) is 4.79 Å². The highest BCUT2D eigenvalue weighted by atomic mass is 16.5. The van der Waals surface area contributed by atoms with Gasteiger partial charge < -0.3 is 24.5 Å². The number of carbonyl (C=O) groups excluding carboxylic acids is 1. The smallest absolute Gasteiger partial charge is 0.355 e. The molecule has 1 heterocycles. The Labute approximate surface area is 154 Å². The summed E-state index contributed by atoms with van der Waals surface area (Å²) in [5.74, 6) is 1.20. The number of benzene rings is 1. The zero-order valence-electron chi connectivity index (χ0n) is 16.3. The van der Waals surface area contributed by atoms with Crippen LogP contribution in [0.3, 0.4) is 0 Å². The first-order valence-electron chi connectivity index (χ1n) is 8.89. The summed E-state index contributed by atoms with van der Waals surface area (Å²) in [6.45, 7) is 7.91. The van der Waals surface area contributed by atoms with Crippen LogP contribution in [0.1, 0.15) is 39.8 Å². The molecule has 0 atom stereocenters. The van der Waals surface area contributed by atoms with Crippen LogP contribution in [0, 0.1) is 13.8 Å². The normalized spacial score (nSPS) is 10.7. The van der Waals surface area contributed by atoms with Crippen LogP contribution in [0.2, 0.25) is 0 Å². The molecule has 3 N–H and O–H groups in total. The highest BCUT2D eigenvalue weighted by Gasteiger charge is 2.18. The number of ether oxygens (including phenoxy) is 3. The van der Waals surface area contributed by atoms with Gasteiger partial charge in [-0.3, -0.25) is 0 Å². The zero-order valence-corrected chi connectivity index (χ0v) is 16.3. The minimum Gasteiger partial charge on any atom is -0.493 e. The molecule has 0 aliphatic carbocycles. The number of methoxy groups -OCH3 is 2. The van der Waals surface area contributed by atoms with Crippen LogP contribution in [-0.2, 0) is 17.7 Å². The largest absolute Gasteiger partial charge is 0.493 e. The predicted molar refractivity (Wildman–Crippen MR) is 100.0 cm³/mol. The van der Waals surface area contributed by atoms with Gasteiger partial charge in [0, 0.05) is 17.7 Å². The monoisotopic (exact) mass is 361 g/mol. The molecule has 0 spiro atoms. The maximum absolute atomic E-state index is 12.0. The van der Waals surface area contributed by atoms with Crippen molar-refractivity contribution in [2.75, 3.05) is 27.4 Å². The second-order valence-corrected chi connectivity index (χ2v) is 6.17. The Kier molecular flexibility index (Phi) is 7.09. The van der Waals surface area contributed by atoms with Gasteiger partial charge in [-0.05, 0) is 44.0 Å². The number of aromatic amines is 1. The Morgan fingerprint density at radius 1 is 1.15 bits per heavy atom. The van der Waals surface area contributed by atoms with Crippen LogP contribution in [0.5, 0.6) is 11.5 Å². The summed E-state index contributed by atoms with van der Waals surface area (Å²) in [6.07, 6.45) is 0.924. The van der Waals surface area contributed by atoms with Gasteiger partial charge in [-0.15, -0.1) is 0 Å². The topological polar surface area (TPSA) is 77.2 Å². The number of nitrogens with two attached hydrogens (primary N) is 1. The lowest BCUT2D eigenvalue weighted by Crippen LogP contribution is -2.83. The Bertz CT molecular complexity index is 753. The first kappa shape index (κ1) is 19.8. The minimum atomic E-state index is -0.287. The van der Waals surface area contributed by atoms with Crippen molar-refractivity contribution in [3.8, 4) is 11.5 Å². The molecule has 0 bridgehead atoms. The predicted octanol–water partition coefficient (Wildman–Crippen LogP) is 2.13. The van der Waals surface area contributed by atoms with Gasteiger partial charge in [0.05, 0.1) is 27.4 Å². The molecule has 0 fully saturated rings. The number of H-pyrrole nitrogens is 1. The van der Waals surface area contributed by atoms with E-state index in [9.17, 15) is 4.79 Å². The average molecular weight is 361 g/mol. The molecule has 1 aromatic carbocycles. The number of hydrogen-bond donors (Lipinski definition) is 2. The molecular formula is C20H29N2O4+. The highest BCUT2D eigenvalue weighted by molar-refractivity contribution is 5.89. The van der Waals surface area contributed by atoms with Crippen molar-refractivity contribution in [2.24, 2.45) is 0 Å². The lowest BCUT2D eigenvalue weighted by Gasteiger charge is -2.09. The van der Waals surface area contributed by atoms with Crippen molar-refractivity contribution in [1.82, 2.24) is 4.98 Å². The van der Waals surface area contributed by atoms with Crippen LogP contribution in [0.15, 0.2) is 18.2 Å². The molecule has 6 heteroatoms. The number of hydrogen-bond acceptors (Lipinski definition) is 4. The maximum Gasteiger partial charge on any atom is 0.355 e. The summed E-state index contributed by atoms with van der Waals surface area (Å²) < 4.78 is 15.7. The van der Waals surface area contributed by atoms with Crippen LogP contribution in [0.25, 0.3) is 0 Å². The highest BCUT2D eigenvalue weighted by Crippen LogP contribution is 2.27. The van der Waals surface area contributed by atoms with Crippen molar-refractivity contribution in [2.45, 2.75) is 33.7 Å². The van der Waals surface area contributed by atoms with Crippen molar-refractivity contribution >= 4 is 5.97 Å². The molecule has 0 unspecified atom stereocenters. The van der Waals surface area contributed by atoms with Crippen LogP contribution in [0.4, 0.5) is 0 Å². The Hall–Kier alpha value is -2.47. The van der Waals surface area contributed by atoms with Crippen LogP contribution < -0.4 is 14.8 Å². The number of esters is 1. The molecule has 0 radical (unpaired) electrons. The molecule has 0 aliphatic heterocycles. The van der Waals surface area contributed by atoms with Gasteiger partial charge in [-0.1, -0.05) is 6.07 Å². The molecular weight excluding hydrogens is 332 g/mol. The minimum absolute atomic E-state index is 0.287. The van der Waals surface area contributed by atoms with Gasteiger partial charge in [0.15, 0.2) is 11.5 Å². The van der Waals surface area contributed by atoms with E-state index in [1.807, 2.05) is 32.9 Å². The molecule has 1 aromatic heterocycles. The summed E-state index contributed by atoms with van der Waals surface area (Å²) in [5.41, 5.74) is 4.93. The quantitative estimate of drug-likeness (QED) is 0.530. The molecule has 26 heavy (non-hydrogen) atoms. The van der Waals surface area contributed by atoms with Gasteiger partial charge in [0.2, 0.25) is 0 Å². The Balaban J connectivity index is 1.93. The SMILES string of the molecule is CCOC(=O)c1[nH]c(C)c(C[NH2+]CCc2ccc(OC)c(OC)c2)c1C. The first-order chi connectivity index (χ1) is 12.5. The number of quaternary nitrogens is 1. The standard InChI is InChI=1S/C20H28N2O4/c1-6-26-20(23)19-13(2)16(14(3)22-19)12-21-10-9-15-7-8-17(24-4)18(11-15)25-5/h7-8,11,21-22H,6,9-10,12H2,1-5H3/p+1. The molecule has 0 amide bonds. The molecule has 0 aliphatic rings. The van der Waals surface area contributed by atoms with Crippen molar-refractivity contribution in [1.29, 1.82) is 0 Å². The fraction of sp³-hybridized carbons (Fsp3) is 0.450. The van der Waals surface area contributed by atoms with E-state index < -0.39 is 0 Å². The summed E-state index contributed by atoms with van der Waals surface area (Å²) in [4.78, 5) is 15.1. The Morgan fingerprint density at radius 3 is 2.54 bits per heavy atom. The zero-order chi connectivity index (χ0) is 19.1. The number of nitrogens with one attached hydrogen (secondary N) is 1. The van der Waals surface area contributed by atoms with E-state index in [1.54, 1.807) is 14.2 Å². The molecule has 6 nitrogen and oxygen atoms in total. The van der Waals surface area contributed by atoms with Crippen LogP contribution in [-0.4, -0.2) is 38.3 Å². The van der Waals surface area contributed by atoms with Crippen molar-refractivity contribution in [3.05, 3.63) is 46.3 Å². The summed E-state index contributed by atoms with van der Waals surface area (Å²) in [7, 11) is 3.28. The lowest BCUT2D eigenvalue weighted by atomic mass is 10.1. The Morgan fingerprint density at radius 2 is 1.88 bits per heavy atom. The number of aromatic nitrogens is 1. The van der Waals surface area contributed by atoms with E-state index in [2.05, 4.69) is 16.4 Å². The third-order valence-electron chi connectivity index (χ3n) is 4.51. The van der Waals surface area contributed by atoms with E-state index in [4.69, 9.17) is 14.2 Å². The van der Waals surface area contributed by atoms with Crippen molar-refractivity contribution in [3.63, 3.8) is 0 Å². The fourth-order valence-electron chi connectivity index (χ4n) is 3.05. The van der Waals surface area contributed by atoms with E-state index >= 15 is 0 Å². The van der Waals surface area contributed by atoms with Crippen molar-refractivity contribution < 1.29 is 24.3 Å². The molecule has 2 aromatic rings. The number of carbonyl (C=O) groups is 1. The first-order valence-corrected chi connectivity index (χ1v) is 8.89. The average Bonchev–Trinajstić information content (AvgIpc) is 2.93. The van der Waals surface area contributed by atoms with Gasteiger partial charge in [0.1, 0.15) is 12.2 Å². The fourth-order valence-corrected chi connectivity index (χ4v) is 3.05. The van der Waals surface area contributed by atoms with Gasteiger partial charge in [-0.2, -0.15) is 0 Å². The third-order valence-corrected chi connectivity index (χ3v) is 4.51. The molecule has 2 rings (SSSR count). The summed E-state index contributed by atoms with van der Waals surface area (Å²) >= 11 is 0. The number of aryl methyl sites for hydroxylation is 1. The molecule has 0 saturated carbocycles. The molecule has 142 valence electrons. The second-order valence-electron chi connectivity index (χ2n) is 6.17. The lowest BCUT2D eigenvalue weighted by molar-refractivity contribution is -0.670. The van der Waals surface area contributed by atoms with E-state index in [0.29, 0.717) is 12.3 Å². The van der Waals surface area contributed by atoms with Gasteiger partial charge in [0.25, 0.3) is 0 Å². The van der Waals surface area contributed by atoms with Gasteiger partial charge >= 0.3 is 5.97 Å². The summed E-state index contributed by atoms with van der Waals surface area (Å²) in [5, 5.41) is 2.24. The molecule has 0 saturated heterocycles. The number of rotatable bonds is 9.